The van der Waals surface area contributed by atoms with Gasteiger partial charge in [-0.15, -0.1) is 0 Å². The van der Waals surface area contributed by atoms with Crippen LogP contribution < -0.4 is 5.73 Å². The fraction of sp³-hybridized carbons (Fsp3) is 0.667. The van der Waals surface area contributed by atoms with Gasteiger partial charge in [0.2, 0.25) is 0 Å². The van der Waals surface area contributed by atoms with Crippen LogP contribution in [0.15, 0.2) is 0 Å². The fourth-order valence-electron chi connectivity index (χ4n) is 1.29. The summed E-state index contributed by atoms with van der Waals surface area (Å²) in [6.07, 6.45) is 1.80. The van der Waals surface area contributed by atoms with Crippen LogP contribution in [-0.2, 0) is 4.79 Å². The predicted molar refractivity (Wildman–Crippen MR) is 47.2 cm³/mol. The van der Waals surface area contributed by atoms with Gasteiger partial charge in [0.15, 0.2) is 0 Å². The molecule has 0 bridgehead atoms. The van der Waals surface area contributed by atoms with Crippen LogP contribution in [0.3, 0.4) is 0 Å². The van der Waals surface area contributed by atoms with E-state index in [2.05, 4.69) is 11.8 Å². The maximum absolute atomic E-state index is 11.2. The summed E-state index contributed by atoms with van der Waals surface area (Å²) in [5, 5.41) is 0. The van der Waals surface area contributed by atoms with Crippen LogP contribution in [0.1, 0.15) is 19.8 Å². The summed E-state index contributed by atoms with van der Waals surface area (Å²) in [6, 6.07) is 0.267. The number of carbonyl (C=O) groups excluding carboxylic acids is 1. The van der Waals surface area contributed by atoms with Crippen molar-refractivity contribution in [2.75, 3.05) is 13.1 Å². The van der Waals surface area contributed by atoms with Gasteiger partial charge >= 0.3 is 0 Å². The normalized spacial score (nSPS) is 18.3. The third-order valence-corrected chi connectivity index (χ3v) is 2.06. The van der Waals surface area contributed by atoms with Crippen LogP contribution in [0.4, 0.5) is 0 Å². The molecule has 1 aliphatic rings. The largest absolute Gasteiger partial charge is 0.332 e. The van der Waals surface area contributed by atoms with E-state index < -0.39 is 0 Å². The summed E-state index contributed by atoms with van der Waals surface area (Å²) >= 11 is 0. The molecule has 66 valence electrons. The number of hydrogen-bond acceptors (Lipinski definition) is 2. The minimum atomic E-state index is -0.0654. The van der Waals surface area contributed by atoms with Crippen molar-refractivity contribution in [3.63, 3.8) is 0 Å². The van der Waals surface area contributed by atoms with Gasteiger partial charge in [0.05, 0.1) is 0 Å². The minimum absolute atomic E-state index is 0.0654. The first-order chi connectivity index (χ1) is 5.74. The molecular weight excluding hydrogens is 152 g/mol. The Labute approximate surface area is 72.9 Å². The molecule has 1 heterocycles. The van der Waals surface area contributed by atoms with E-state index in [4.69, 9.17) is 5.73 Å². The SMILES string of the molecule is CC#CC(=O)N1CCC(N)CC1. The van der Waals surface area contributed by atoms with E-state index in [0.717, 1.165) is 25.9 Å². The van der Waals surface area contributed by atoms with E-state index in [9.17, 15) is 4.79 Å². The fourth-order valence-corrected chi connectivity index (χ4v) is 1.29. The van der Waals surface area contributed by atoms with Crippen molar-refractivity contribution >= 4 is 5.91 Å². The van der Waals surface area contributed by atoms with E-state index in [1.54, 1.807) is 11.8 Å². The number of carbonyl (C=O) groups is 1. The maximum Gasteiger partial charge on any atom is 0.298 e. The molecule has 0 aromatic carbocycles. The molecule has 0 aromatic rings. The Morgan fingerprint density at radius 1 is 1.50 bits per heavy atom. The molecule has 0 spiro atoms. The van der Waals surface area contributed by atoms with Crippen molar-refractivity contribution in [3.05, 3.63) is 0 Å². The summed E-state index contributed by atoms with van der Waals surface area (Å²) in [7, 11) is 0. The smallest absolute Gasteiger partial charge is 0.298 e. The van der Waals surface area contributed by atoms with Gasteiger partial charge in [0, 0.05) is 19.1 Å². The molecule has 1 saturated heterocycles. The topological polar surface area (TPSA) is 46.3 Å². The van der Waals surface area contributed by atoms with E-state index in [0.29, 0.717) is 0 Å². The highest BCUT2D eigenvalue weighted by molar-refractivity contribution is 5.93. The molecule has 3 heteroatoms. The first-order valence-electron chi connectivity index (χ1n) is 4.21. The van der Waals surface area contributed by atoms with Crippen LogP contribution in [0.25, 0.3) is 0 Å². The average Bonchev–Trinajstić information content (AvgIpc) is 2.06. The lowest BCUT2D eigenvalue weighted by Crippen LogP contribution is -2.42. The van der Waals surface area contributed by atoms with Crippen molar-refractivity contribution in [1.29, 1.82) is 0 Å². The molecular formula is C9H14N2O. The average molecular weight is 166 g/mol. The Hall–Kier alpha value is -1.01. The first-order valence-corrected chi connectivity index (χ1v) is 4.21. The predicted octanol–water partition coefficient (Wildman–Crippen LogP) is -0.0406. The number of likely N-dealkylation sites (tertiary alicyclic amines) is 1. The molecule has 1 aliphatic heterocycles. The third-order valence-electron chi connectivity index (χ3n) is 2.06. The Morgan fingerprint density at radius 3 is 2.58 bits per heavy atom. The molecule has 0 aromatic heterocycles. The second-order valence-electron chi connectivity index (χ2n) is 3.00. The quantitative estimate of drug-likeness (QED) is 0.513. The van der Waals surface area contributed by atoms with Gasteiger partial charge in [-0.1, -0.05) is 5.92 Å². The zero-order chi connectivity index (χ0) is 8.97. The molecule has 0 atom stereocenters. The number of nitrogens with two attached hydrogens (primary N) is 1. The molecule has 0 aliphatic carbocycles. The Balaban J connectivity index is 2.42. The minimum Gasteiger partial charge on any atom is -0.332 e. The molecule has 0 unspecified atom stereocenters. The van der Waals surface area contributed by atoms with Crippen LogP contribution in [0.5, 0.6) is 0 Å². The lowest BCUT2D eigenvalue weighted by molar-refractivity contribution is -0.126. The van der Waals surface area contributed by atoms with E-state index in [1.165, 1.54) is 0 Å². The maximum atomic E-state index is 11.2. The summed E-state index contributed by atoms with van der Waals surface area (Å²) < 4.78 is 0. The van der Waals surface area contributed by atoms with Crippen molar-refractivity contribution < 1.29 is 4.79 Å². The van der Waals surface area contributed by atoms with Crippen LogP contribution in [-0.4, -0.2) is 29.9 Å². The van der Waals surface area contributed by atoms with Gasteiger partial charge in [-0.2, -0.15) is 0 Å². The van der Waals surface area contributed by atoms with Gasteiger partial charge in [0.1, 0.15) is 0 Å². The number of hydrogen-bond donors (Lipinski definition) is 1. The zero-order valence-electron chi connectivity index (χ0n) is 7.34. The number of nitrogens with zero attached hydrogens (tertiary/aromatic N) is 1. The Kier molecular flexibility index (Phi) is 3.12. The molecule has 1 amide bonds. The Morgan fingerprint density at radius 2 is 2.08 bits per heavy atom. The van der Waals surface area contributed by atoms with Gasteiger partial charge in [0.25, 0.3) is 5.91 Å². The van der Waals surface area contributed by atoms with Gasteiger partial charge in [-0.3, -0.25) is 4.79 Å². The first kappa shape index (κ1) is 9.08. The third kappa shape index (κ3) is 2.24. The lowest BCUT2D eigenvalue weighted by Gasteiger charge is -2.28. The Bertz CT molecular complexity index is 218. The highest BCUT2D eigenvalue weighted by Gasteiger charge is 2.18. The van der Waals surface area contributed by atoms with E-state index in [-0.39, 0.29) is 11.9 Å². The molecule has 12 heavy (non-hydrogen) atoms. The van der Waals surface area contributed by atoms with Gasteiger partial charge < -0.3 is 10.6 Å². The molecule has 3 nitrogen and oxygen atoms in total. The van der Waals surface area contributed by atoms with Crippen molar-refractivity contribution in [1.82, 2.24) is 4.90 Å². The highest BCUT2D eigenvalue weighted by Crippen LogP contribution is 2.07. The second kappa shape index (κ2) is 4.13. The van der Waals surface area contributed by atoms with Crippen molar-refractivity contribution in [2.24, 2.45) is 5.73 Å². The number of piperidine rings is 1. The van der Waals surface area contributed by atoms with Crippen LogP contribution in [0.2, 0.25) is 0 Å². The zero-order valence-corrected chi connectivity index (χ0v) is 7.34. The van der Waals surface area contributed by atoms with Crippen LogP contribution in [0, 0.1) is 11.8 Å². The van der Waals surface area contributed by atoms with Crippen LogP contribution >= 0.6 is 0 Å². The summed E-state index contributed by atoms with van der Waals surface area (Å²) in [4.78, 5) is 13.0. The number of rotatable bonds is 0. The molecule has 0 saturated carbocycles. The summed E-state index contributed by atoms with van der Waals surface area (Å²) in [5.41, 5.74) is 5.70. The molecule has 2 N–H and O–H groups in total. The number of amides is 1. The summed E-state index contributed by atoms with van der Waals surface area (Å²) in [6.45, 7) is 3.19. The van der Waals surface area contributed by atoms with E-state index >= 15 is 0 Å². The second-order valence-corrected chi connectivity index (χ2v) is 3.00. The molecule has 1 fully saturated rings. The lowest BCUT2D eigenvalue weighted by atomic mass is 10.1. The monoisotopic (exact) mass is 166 g/mol. The standard InChI is InChI=1S/C9H14N2O/c1-2-3-9(12)11-6-4-8(10)5-7-11/h8H,4-7,10H2,1H3. The van der Waals surface area contributed by atoms with Crippen molar-refractivity contribution in [3.8, 4) is 11.8 Å². The van der Waals surface area contributed by atoms with Gasteiger partial charge in [-0.25, -0.2) is 0 Å². The highest BCUT2D eigenvalue weighted by atomic mass is 16.2. The summed E-state index contributed by atoms with van der Waals surface area (Å²) in [5.74, 6) is 5.06. The van der Waals surface area contributed by atoms with E-state index in [1.807, 2.05) is 0 Å². The molecule has 0 radical (unpaired) electrons. The van der Waals surface area contributed by atoms with Crippen molar-refractivity contribution in [2.45, 2.75) is 25.8 Å². The molecule has 1 rings (SSSR count). The van der Waals surface area contributed by atoms with Gasteiger partial charge in [-0.05, 0) is 25.7 Å².